The Kier molecular flexibility index (Phi) is 6.23. The minimum absolute atomic E-state index is 0.185. The molecule has 3 aromatic rings. The summed E-state index contributed by atoms with van der Waals surface area (Å²) in [6, 6.07) is 12.2. The molecule has 0 atom stereocenters. The van der Waals surface area contributed by atoms with Gasteiger partial charge in [0.15, 0.2) is 0 Å². The molecule has 0 amide bonds. The maximum absolute atomic E-state index is 12.4. The predicted octanol–water partition coefficient (Wildman–Crippen LogP) is 4.85. The Morgan fingerprint density at radius 1 is 1.13 bits per heavy atom. The zero-order valence-electron chi connectivity index (χ0n) is 16.6. The van der Waals surface area contributed by atoms with E-state index in [0.717, 1.165) is 41.1 Å². The van der Waals surface area contributed by atoms with Crippen LogP contribution < -0.4 is 4.72 Å². The summed E-state index contributed by atoms with van der Waals surface area (Å²) in [6.45, 7) is 4.72. The summed E-state index contributed by atoms with van der Waals surface area (Å²) < 4.78 is 27.5. The van der Waals surface area contributed by atoms with E-state index in [9.17, 15) is 8.42 Å². The summed E-state index contributed by atoms with van der Waals surface area (Å²) in [5.74, 6) is 0. The molecule has 2 heterocycles. The molecule has 0 radical (unpaired) electrons. The lowest BCUT2D eigenvalue weighted by Crippen LogP contribution is -2.37. The average molecular weight is 464 g/mol. The van der Waals surface area contributed by atoms with Crippen LogP contribution in [0.25, 0.3) is 16.5 Å². The third-order valence-corrected chi connectivity index (χ3v) is 7.32. The molecule has 1 aromatic heterocycles. The largest absolute Gasteiger partial charge is 0.358 e. The summed E-state index contributed by atoms with van der Waals surface area (Å²) in [5.41, 5.74) is 4.76. The van der Waals surface area contributed by atoms with Gasteiger partial charge in [-0.2, -0.15) is 0 Å². The van der Waals surface area contributed by atoms with Gasteiger partial charge in [-0.3, -0.25) is 4.90 Å². The second-order valence-corrected chi connectivity index (χ2v) is 10.1. The van der Waals surface area contributed by atoms with Crippen LogP contribution in [0, 0.1) is 6.92 Å². The number of nitrogens with zero attached hydrogens (tertiary/aromatic N) is 1. The third kappa shape index (κ3) is 4.58. The molecule has 30 heavy (non-hydrogen) atoms. The van der Waals surface area contributed by atoms with E-state index in [1.165, 1.54) is 17.2 Å². The quantitative estimate of drug-likeness (QED) is 0.548. The fraction of sp³-hybridized carbons (Fsp3) is 0.273. The molecular formula is C22H23Cl2N3O2S. The zero-order chi connectivity index (χ0) is 21.3. The molecule has 1 aliphatic heterocycles. The number of nitrogens with one attached hydrogen (secondary N) is 2. The van der Waals surface area contributed by atoms with Crippen LogP contribution in [0.2, 0.25) is 10.0 Å². The number of aryl methyl sites for hydroxylation is 1. The van der Waals surface area contributed by atoms with E-state index in [2.05, 4.69) is 27.6 Å². The number of rotatable bonds is 6. The van der Waals surface area contributed by atoms with Gasteiger partial charge in [-0.25, -0.2) is 13.1 Å². The number of halogens is 2. The van der Waals surface area contributed by atoms with Gasteiger partial charge in [-0.1, -0.05) is 35.3 Å². The number of aromatic nitrogens is 1. The lowest BCUT2D eigenvalue weighted by molar-refractivity contribution is 0.307. The first-order valence-electron chi connectivity index (χ1n) is 9.78. The topological polar surface area (TPSA) is 65.2 Å². The fourth-order valence-electron chi connectivity index (χ4n) is 3.91. The molecule has 158 valence electrons. The normalized spacial score (nSPS) is 15.5. The minimum atomic E-state index is -3.56. The van der Waals surface area contributed by atoms with Crippen LogP contribution in [-0.4, -0.2) is 44.5 Å². The van der Waals surface area contributed by atoms with Gasteiger partial charge in [0.25, 0.3) is 0 Å². The van der Waals surface area contributed by atoms with Gasteiger partial charge in [-0.15, -0.1) is 0 Å². The van der Waals surface area contributed by atoms with E-state index in [4.69, 9.17) is 23.2 Å². The molecule has 0 bridgehead atoms. The highest BCUT2D eigenvalue weighted by molar-refractivity contribution is 7.89. The van der Waals surface area contributed by atoms with Crippen LogP contribution in [-0.2, 0) is 10.0 Å². The number of sulfonamides is 1. The summed E-state index contributed by atoms with van der Waals surface area (Å²) in [7, 11) is -3.56. The van der Waals surface area contributed by atoms with Gasteiger partial charge in [0.1, 0.15) is 0 Å². The summed E-state index contributed by atoms with van der Waals surface area (Å²) >= 11 is 12.1. The Bertz CT molecular complexity index is 1220. The summed E-state index contributed by atoms with van der Waals surface area (Å²) in [4.78, 5) is 5.86. The van der Waals surface area contributed by atoms with Crippen LogP contribution in [0.4, 0.5) is 0 Å². The molecule has 0 saturated carbocycles. The lowest BCUT2D eigenvalue weighted by Gasteiger charge is -2.26. The van der Waals surface area contributed by atoms with E-state index in [1.807, 2.05) is 18.2 Å². The van der Waals surface area contributed by atoms with Crippen LogP contribution in [0.3, 0.4) is 0 Å². The first kappa shape index (κ1) is 21.4. The summed E-state index contributed by atoms with van der Waals surface area (Å²) in [5, 5.41) is 2.28. The van der Waals surface area contributed by atoms with Crippen molar-refractivity contribution >= 4 is 49.7 Å². The molecule has 1 aliphatic rings. The van der Waals surface area contributed by atoms with Gasteiger partial charge in [-0.05, 0) is 55.3 Å². The molecule has 0 fully saturated rings. The smallest absolute Gasteiger partial charge is 0.240 e. The molecule has 4 rings (SSSR count). The molecule has 0 saturated heterocycles. The van der Waals surface area contributed by atoms with E-state index in [1.54, 1.807) is 18.2 Å². The van der Waals surface area contributed by atoms with E-state index >= 15 is 0 Å². The van der Waals surface area contributed by atoms with Crippen molar-refractivity contribution in [3.05, 3.63) is 69.8 Å². The zero-order valence-corrected chi connectivity index (χ0v) is 18.9. The number of aromatic amines is 1. The Morgan fingerprint density at radius 2 is 1.93 bits per heavy atom. The lowest BCUT2D eigenvalue weighted by atomic mass is 9.97. The van der Waals surface area contributed by atoms with Crippen molar-refractivity contribution in [1.29, 1.82) is 0 Å². The SMILES string of the molecule is Cc1[nH]c2ccc(Cl)cc2c1C1=CCN(CCNS(=O)(=O)c2cccc(Cl)c2)CC1. The average Bonchev–Trinajstić information content (AvgIpc) is 3.03. The Labute approximate surface area is 186 Å². The number of H-pyrrole nitrogens is 1. The fourth-order valence-corrected chi connectivity index (χ4v) is 5.40. The molecule has 0 aliphatic carbocycles. The van der Waals surface area contributed by atoms with Gasteiger partial charge >= 0.3 is 0 Å². The maximum Gasteiger partial charge on any atom is 0.240 e. The number of benzene rings is 2. The molecular weight excluding hydrogens is 441 g/mol. The van der Waals surface area contributed by atoms with E-state index in [-0.39, 0.29) is 4.90 Å². The highest BCUT2D eigenvalue weighted by Crippen LogP contribution is 2.33. The number of fused-ring (bicyclic) bond motifs is 1. The first-order chi connectivity index (χ1) is 14.3. The number of hydrogen-bond donors (Lipinski definition) is 2. The Hall–Kier alpha value is -1.83. The number of hydrogen-bond acceptors (Lipinski definition) is 3. The standard InChI is InChI=1S/C22H23Cl2N3O2S/c1-15-22(20-14-18(24)5-6-21(20)26-15)16-7-10-27(11-8-16)12-9-25-30(28,29)19-4-2-3-17(23)13-19/h2-7,13-14,25-26H,8-12H2,1H3. The minimum Gasteiger partial charge on any atom is -0.358 e. The van der Waals surface area contributed by atoms with Crippen molar-refractivity contribution in [3.8, 4) is 0 Å². The molecule has 0 unspecified atom stereocenters. The van der Waals surface area contributed by atoms with Crippen molar-refractivity contribution < 1.29 is 8.42 Å². The monoisotopic (exact) mass is 463 g/mol. The van der Waals surface area contributed by atoms with Crippen molar-refractivity contribution in [2.45, 2.75) is 18.2 Å². The van der Waals surface area contributed by atoms with Gasteiger partial charge < -0.3 is 4.98 Å². The first-order valence-corrected chi connectivity index (χ1v) is 12.0. The van der Waals surface area contributed by atoms with Gasteiger partial charge in [0.2, 0.25) is 10.0 Å². The maximum atomic E-state index is 12.4. The molecule has 2 N–H and O–H groups in total. The van der Waals surface area contributed by atoms with E-state index in [0.29, 0.717) is 18.1 Å². The second kappa shape index (κ2) is 8.73. The molecule has 0 spiro atoms. The molecule has 2 aromatic carbocycles. The van der Waals surface area contributed by atoms with Crippen LogP contribution in [0.1, 0.15) is 17.7 Å². The van der Waals surface area contributed by atoms with Crippen LogP contribution in [0.5, 0.6) is 0 Å². The van der Waals surface area contributed by atoms with Gasteiger partial charge in [0, 0.05) is 58.4 Å². The molecule has 8 heteroatoms. The van der Waals surface area contributed by atoms with Crippen molar-refractivity contribution in [1.82, 2.24) is 14.6 Å². The van der Waals surface area contributed by atoms with Gasteiger partial charge in [0.05, 0.1) is 4.90 Å². The third-order valence-electron chi connectivity index (χ3n) is 5.39. The van der Waals surface area contributed by atoms with E-state index < -0.39 is 10.0 Å². The molecule has 5 nitrogen and oxygen atoms in total. The Morgan fingerprint density at radius 3 is 2.67 bits per heavy atom. The van der Waals surface area contributed by atoms with Crippen molar-refractivity contribution in [2.75, 3.05) is 26.2 Å². The van der Waals surface area contributed by atoms with Crippen LogP contribution in [0.15, 0.2) is 53.4 Å². The summed E-state index contributed by atoms with van der Waals surface area (Å²) in [6.07, 6.45) is 3.13. The predicted molar refractivity (Wildman–Crippen MR) is 124 cm³/mol. The highest BCUT2D eigenvalue weighted by atomic mass is 35.5. The van der Waals surface area contributed by atoms with Crippen LogP contribution >= 0.6 is 23.2 Å². The Balaban J connectivity index is 1.39. The second-order valence-electron chi connectivity index (χ2n) is 7.45. The highest BCUT2D eigenvalue weighted by Gasteiger charge is 2.19. The van der Waals surface area contributed by atoms with Crippen molar-refractivity contribution in [3.63, 3.8) is 0 Å². The van der Waals surface area contributed by atoms with Crippen molar-refractivity contribution in [2.24, 2.45) is 0 Å².